The number of aliphatic hydroxyl groups excluding tert-OH is 1. The van der Waals surface area contributed by atoms with Crippen molar-refractivity contribution in [2.75, 3.05) is 19.8 Å². The lowest BCUT2D eigenvalue weighted by molar-refractivity contribution is -0.361. The van der Waals surface area contributed by atoms with Crippen LogP contribution in [0, 0.1) is 0 Å². The molecule has 0 bridgehead atoms. The van der Waals surface area contributed by atoms with E-state index < -0.39 is 115 Å². The monoisotopic (exact) mass is 1960 g/mol. The van der Waals surface area contributed by atoms with Crippen LogP contribution in [0.25, 0.3) is 0 Å². The van der Waals surface area contributed by atoms with Crippen LogP contribution in [0.4, 0.5) is 0 Å². The molecule has 0 saturated carbocycles. The van der Waals surface area contributed by atoms with Gasteiger partial charge in [-0.2, -0.15) is 4.89 Å². The third-order valence-electron chi connectivity index (χ3n) is 27.3. The second-order valence-electron chi connectivity index (χ2n) is 40.1. The molecule has 0 radical (unpaired) electrons. The van der Waals surface area contributed by atoms with E-state index in [-0.39, 0.29) is 62.6 Å². The Morgan fingerprint density at radius 2 is 0.624 bits per heavy atom. The van der Waals surface area contributed by atoms with Crippen molar-refractivity contribution in [1.82, 2.24) is 0 Å². The molecule has 12 rings (SSSR count). The highest BCUT2D eigenvalue weighted by atomic mass is 28.4. The lowest BCUT2D eigenvalue weighted by Crippen LogP contribution is -2.66. The van der Waals surface area contributed by atoms with Crippen molar-refractivity contribution in [3.8, 4) is 0 Å². The van der Waals surface area contributed by atoms with Crippen molar-refractivity contribution in [1.29, 1.82) is 0 Å². The molecule has 2 N–H and O–H groups in total. The fraction of sp³-hybridized carbons (Fsp3) is 0.471. The lowest BCUT2D eigenvalue weighted by Gasteiger charge is -2.46. The molecule has 2 heterocycles. The Labute approximate surface area is 843 Å². The Bertz CT molecular complexity index is 4950. The van der Waals surface area contributed by atoms with Crippen LogP contribution in [0.3, 0.4) is 0 Å². The molecule has 0 aromatic heterocycles. The number of aliphatic hydroxyl groups is 1. The number of carboxylic acids is 1. The molecule has 0 unspecified atom stereocenters. The minimum absolute atomic E-state index is 0.0462. The van der Waals surface area contributed by atoms with Gasteiger partial charge in [-0.25, -0.2) is 4.79 Å². The predicted octanol–water partition coefficient (Wildman–Crippen LogP) is 24.9. The van der Waals surface area contributed by atoms with Crippen LogP contribution < -0.4 is 20.7 Å². The summed E-state index contributed by atoms with van der Waals surface area (Å²) in [5.41, 5.74) is 5.32. The van der Waals surface area contributed by atoms with Gasteiger partial charge in [-0.3, -0.25) is 9.68 Å². The van der Waals surface area contributed by atoms with Crippen molar-refractivity contribution >= 4 is 49.3 Å². The van der Waals surface area contributed by atoms with Gasteiger partial charge in [0, 0.05) is 13.0 Å². The van der Waals surface area contributed by atoms with Crippen molar-refractivity contribution < 1.29 is 85.8 Å². The van der Waals surface area contributed by atoms with Crippen LogP contribution in [0.5, 0.6) is 0 Å². The van der Waals surface area contributed by atoms with Gasteiger partial charge in [-0.05, 0) is 89.9 Å². The van der Waals surface area contributed by atoms with E-state index in [9.17, 15) is 15.0 Å². The summed E-state index contributed by atoms with van der Waals surface area (Å²) >= 11 is 0. The summed E-state index contributed by atoms with van der Waals surface area (Å²) in [6.45, 7) is 19.1. The maximum atomic E-state index is 15.6. The average Bonchev–Trinajstić information content (AvgIpc) is 0.746. The Morgan fingerprint density at radius 3 is 0.965 bits per heavy atom. The number of benzene rings is 10. The van der Waals surface area contributed by atoms with Gasteiger partial charge in [0.25, 0.3) is 8.32 Å². The summed E-state index contributed by atoms with van der Waals surface area (Å²) < 4.78 is 84.5. The molecular weight excluding hydrogens is 1800 g/mol. The van der Waals surface area contributed by atoms with Gasteiger partial charge in [0.1, 0.15) is 55.4 Å². The normalized spacial score (nSPS) is 18.9. The van der Waals surface area contributed by atoms with E-state index in [0.717, 1.165) is 155 Å². The van der Waals surface area contributed by atoms with Gasteiger partial charge in [0.2, 0.25) is 0 Å². The predicted molar refractivity (Wildman–Crippen MR) is 565 cm³/mol. The molecule has 20 heteroatoms. The molecule has 0 aliphatic carbocycles. The van der Waals surface area contributed by atoms with Crippen molar-refractivity contribution in [2.45, 2.75) is 345 Å². The Balaban J connectivity index is 0.713. The molecule has 2 aliphatic heterocycles. The topological polar surface area (TPSA) is 204 Å². The fourth-order valence-corrected chi connectivity index (χ4v) is 28.8. The number of hydrogen-bond acceptors (Lipinski definition) is 17. The molecule has 758 valence electrons. The standard InChI is InChI=1S/C121H158O18Si2/c1-95(139-141(121(5,6)7,105-80-56-36-57-81-105)106-82-58-37-59-83-106)62-38-24-20-16-12-8-9-14-18-22-26-60-84-107(135-119-116(131-93-101-73-49-33-50-74-101)113(128-90-98-67-43-30-44-68-98)111(108(87-122)136-119)126-88-96-63-39-28-40-64-96)117(125)138-132-94-109-112(127-89-97-65-41-29-42-66-97)114(129-91-99-69-45-31-46-70-99)115(130-92-100-71-47-32-48-72-100)118(137-109)134-102(86-110(123)124)75-51-25-21-17-13-10-11-15-19-23-27-61-85-133-140(120(2,3)4,103-76-52-34-53-77-103)104-78-54-35-55-79-104/h28-37,39-50,52-59,63-74,76-83,102,107-109,111-116,118-119,122H,1,8-27,38,51,60-62,75,84-94H2,2-7H3,(H,123,124)/t102-,107+,108+,109+,111+,112+,113-,114-,115+,116+,118+,119+/m0/s1. The van der Waals surface area contributed by atoms with Crippen LogP contribution in [-0.4, -0.2) is 132 Å². The van der Waals surface area contributed by atoms with E-state index in [1.807, 2.05) is 182 Å². The number of ether oxygens (including phenoxy) is 10. The maximum Gasteiger partial charge on any atom is 0.370 e. The van der Waals surface area contributed by atoms with Crippen molar-refractivity contribution in [3.63, 3.8) is 0 Å². The summed E-state index contributed by atoms with van der Waals surface area (Å²) in [5, 5.41) is 27.2. The van der Waals surface area contributed by atoms with E-state index in [0.29, 0.717) is 12.8 Å². The van der Waals surface area contributed by atoms with E-state index >= 15 is 4.79 Å². The molecule has 0 amide bonds. The molecule has 12 atom stereocenters. The Hall–Kier alpha value is -9.41. The third-order valence-corrected chi connectivity index (χ3v) is 37.3. The van der Waals surface area contributed by atoms with Gasteiger partial charge in [-0.1, -0.05) is 493 Å². The minimum atomic E-state index is -2.73. The molecule has 0 spiro atoms. The first-order valence-electron chi connectivity index (χ1n) is 52.3. The largest absolute Gasteiger partial charge is 0.538 e. The smallest absolute Gasteiger partial charge is 0.370 e. The first kappa shape index (κ1) is 110. The molecule has 10 aromatic carbocycles. The van der Waals surface area contributed by atoms with Crippen molar-refractivity contribution in [3.05, 3.63) is 349 Å². The first-order chi connectivity index (χ1) is 68.9. The lowest BCUT2D eigenvalue weighted by atomic mass is 9.97. The van der Waals surface area contributed by atoms with Gasteiger partial charge in [-0.15, -0.1) is 0 Å². The summed E-state index contributed by atoms with van der Waals surface area (Å²) in [7, 11) is -5.28. The number of carbonyl (C=O) groups is 2. The SMILES string of the molecule is C=C(CCCCCCCCCCCCCC[C@@H](O[C@@H]1O[C@H](CO)[C@@H](OCc2ccccc2)[C@H](OCc2ccccc2)[C@H]1OCc1ccccc1)C(=O)OOC[C@H]1O[C@@H](O[C@@H](CCCCCCCCCCCCCCO[Si](c2ccccc2)(c2ccccc2)C(C)(C)C)CC(=O)O)[C@H](OCc2ccccc2)[C@@H](OCc2ccccc2)[C@@H]1OCc1ccccc1)O[Si](c1ccccc1)(c1ccccc1)C(C)(C)C. The second-order valence-corrected chi connectivity index (χ2v) is 48.7. The number of rotatable bonds is 66. The molecule has 2 aliphatic rings. The Morgan fingerprint density at radius 1 is 0.340 bits per heavy atom. The van der Waals surface area contributed by atoms with E-state index in [1.54, 1.807) is 0 Å². The molecule has 2 saturated heterocycles. The van der Waals surface area contributed by atoms with E-state index in [2.05, 4.69) is 169 Å². The highest BCUT2D eigenvalue weighted by Gasteiger charge is 2.55. The zero-order valence-electron chi connectivity index (χ0n) is 84.6. The zero-order chi connectivity index (χ0) is 98.9. The maximum absolute atomic E-state index is 15.6. The summed E-state index contributed by atoms with van der Waals surface area (Å²) in [6, 6.07) is 102. The van der Waals surface area contributed by atoms with Gasteiger partial charge in [0.15, 0.2) is 18.7 Å². The molecule has 141 heavy (non-hydrogen) atoms. The first-order valence-corrected chi connectivity index (χ1v) is 56.1. The summed E-state index contributed by atoms with van der Waals surface area (Å²) in [6.07, 6.45) is 14.0. The van der Waals surface area contributed by atoms with E-state index in [4.69, 9.17) is 66.0 Å². The number of carbonyl (C=O) groups excluding carboxylic acids is 1. The quantitative estimate of drug-likeness (QED) is 0.0120. The highest BCUT2D eigenvalue weighted by Crippen LogP contribution is 2.42. The van der Waals surface area contributed by atoms with Crippen LogP contribution in [0.1, 0.15) is 255 Å². The zero-order valence-corrected chi connectivity index (χ0v) is 86.6. The summed E-state index contributed by atoms with van der Waals surface area (Å²) in [4.78, 5) is 41.0. The molecule has 2 fully saturated rings. The highest BCUT2D eigenvalue weighted by molar-refractivity contribution is 7.00. The fourth-order valence-electron chi connectivity index (χ4n) is 19.8. The number of hydrogen-bond donors (Lipinski definition) is 2. The van der Waals surface area contributed by atoms with Crippen LogP contribution >= 0.6 is 0 Å². The molecular formula is C121H158O18Si2. The summed E-state index contributed by atoms with van der Waals surface area (Å²) in [5.74, 6) is -0.989. The van der Waals surface area contributed by atoms with Crippen LogP contribution in [0.2, 0.25) is 10.1 Å². The van der Waals surface area contributed by atoms with Gasteiger partial charge >= 0.3 is 20.3 Å². The molecule has 18 nitrogen and oxygen atoms in total. The van der Waals surface area contributed by atoms with Crippen molar-refractivity contribution in [2.24, 2.45) is 0 Å². The Kier molecular flexibility index (Phi) is 47.3. The van der Waals surface area contributed by atoms with Crippen LogP contribution in [0.15, 0.2) is 316 Å². The van der Waals surface area contributed by atoms with Crippen LogP contribution in [-0.2, 0) is 115 Å². The minimum Gasteiger partial charge on any atom is -0.538 e. The average molecular weight is 1960 g/mol. The second kappa shape index (κ2) is 60.4. The number of unbranched alkanes of at least 4 members (excludes halogenated alkanes) is 22. The number of aliphatic carboxylic acids is 1. The van der Waals surface area contributed by atoms with Gasteiger partial charge < -0.3 is 66.4 Å². The number of allylic oxidation sites excluding steroid dienone is 1. The van der Waals surface area contributed by atoms with Gasteiger partial charge in [0.05, 0.1) is 64.5 Å². The van der Waals surface area contributed by atoms with E-state index in [1.165, 1.54) is 65.7 Å². The third kappa shape index (κ3) is 35.2. The number of carboxylic acid groups (broad SMARTS) is 1. The molecule has 10 aromatic rings.